The number of benzene rings is 2. The third-order valence-electron chi connectivity index (χ3n) is 3.84. The van der Waals surface area contributed by atoms with E-state index in [0.717, 1.165) is 26.6 Å². The number of hydrazine groups is 1. The number of anilines is 1. The van der Waals surface area contributed by atoms with Gasteiger partial charge in [0.2, 0.25) is 5.13 Å². The van der Waals surface area contributed by atoms with Crippen LogP contribution >= 0.6 is 34.7 Å². The van der Waals surface area contributed by atoms with E-state index in [0.29, 0.717) is 22.6 Å². The summed E-state index contributed by atoms with van der Waals surface area (Å²) in [4.78, 5) is 17.5. The molecule has 28 heavy (non-hydrogen) atoms. The van der Waals surface area contributed by atoms with Crippen LogP contribution in [0.25, 0.3) is 10.2 Å². The Morgan fingerprint density at radius 1 is 1.32 bits per heavy atom. The van der Waals surface area contributed by atoms with E-state index >= 15 is 0 Å². The zero-order valence-electron chi connectivity index (χ0n) is 15.5. The highest BCUT2D eigenvalue weighted by molar-refractivity contribution is 7.99. The first-order valence-corrected chi connectivity index (χ1v) is 10.8. The van der Waals surface area contributed by atoms with E-state index in [1.807, 2.05) is 36.4 Å². The number of thiazole rings is 1. The second-order valence-electron chi connectivity index (χ2n) is 6.16. The van der Waals surface area contributed by atoms with E-state index in [1.165, 1.54) is 11.3 Å². The van der Waals surface area contributed by atoms with Crippen LogP contribution in [0.5, 0.6) is 5.75 Å². The van der Waals surface area contributed by atoms with Gasteiger partial charge in [-0.2, -0.15) is 0 Å². The molecule has 0 radical (unpaired) electrons. The Kier molecular flexibility index (Phi) is 7.24. The number of hydrogen-bond acceptors (Lipinski definition) is 6. The van der Waals surface area contributed by atoms with Gasteiger partial charge >= 0.3 is 6.03 Å². The number of halogens is 1. The lowest BCUT2D eigenvalue weighted by Crippen LogP contribution is -2.41. The average molecular weight is 437 g/mol. The van der Waals surface area contributed by atoms with Crippen LogP contribution in [-0.4, -0.2) is 30.4 Å². The van der Waals surface area contributed by atoms with E-state index in [-0.39, 0.29) is 6.03 Å². The second-order valence-corrected chi connectivity index (χ2v) is 8.69. The molecule has 0 aliphatic heterocycles. The maximum Gasteiger partial charge on any atom is 0.333 e. The number of fused-ring (bicyclic) bond motifs is 1. The molecule has 0 bridgehead atoms. The maximum absolute atomic E-state index is 12.0. The molecule has 2 amide bonds. The molecule has 0 saturated carbocycles. The van der Waals surface area contributed by atoms with Crippen molar-refractivity contribution in [3.05, 3.63) is 47.5 Å². The minimum absolute atomic E-state index is 0.297. The summed E-state index contributed by atoms with van der Waals surface area (Å²) in [7, 11) is 1.67. The first-order chi connectivity index (χ1) is 13.5. The molecule has 0 spiro atoms. The highest BCUT2D eigenvalue weighted by atomic mass is 35.5. The minimum atomic E-state index is -0.300. The summed E-state index contributed by atoms with van der Waals surface area (Å²) >= 11 is 9.11. The van der Waals surface area contributed by atoms with Gasteiger partial charge in [-0.25, -0.2) is 15.2 Å². The number of urea groups is 1. The highest BCUT2D eigenvalue weighted by Gasteiger charge is 2.09. The fraction of sp³-hybridized carbons (Fsp3) is 0.263. The lowest BCUT2D eigenvalue weighted by molar-refractivity contribution is 0.241. The first kappa shape index (κ1) is 20.6. The van der Waals surface area contributed by atoms with Gasteiger partial charge in [-0.1, -0.05) is 42.0 Å². The van der Waals surface area contributed by atoms with Crippen molar-refractivity contribution in [2.24, 2.45) is 5.92 Å². The normalized spacial score (nSPS) is 11.8. The molecular formula is C19H21ClN4O2S2. The summed E-state index contributed by atoms with van der Waals surface area (Å²) in [5, 5.41) is 4.12. The summed E-state index contributed by atoms with van der Waals surface area (Å²) in [6, 6.07) is 13.1. The molecule has 0 saturated heterocycles. The number of carbonyl (C=O) groups excluding carboxylic acids is 1. The van der Waals surface area contributed by atoms with Crippen LogP contribution in [0, 0.1) is 5.92 Å². The smallest absolute Gasteiger partial charge is 0.333 e. The Labute approximate surface area is 177 Å². The van der Waals surface area contributed by atoms with Crippen molar-refractivity contribution in [3.8, 4) is 5.75 Å². The van der Waals surface area contributed by atoms with Crippen LogP contribution < -0.4 is 20.9 Å². The minimum Gasteiger partial charge on any atom is -0.496 e. The number of nitrogens with one attached hydrogen (secondary N) is 3. The topological polar surface area (TPSA) is 75.3 Å². The zero-order chi connectivity index (χ0) is 19.9. The number of aromatic nitrogens is 1. The molecule has 2 aromatic carbocycles. The van der Waals surface area contributed by atoms with Crippen LogP contribution in [-0.2, 0) is 0 Å². The first-order valence-electron chi connectivity index (χ1n) is 8.67. The molecule has 9 heteroatoms. The van der Waals surface area contributed by atoms with Gasteiger partial charge in [0, 0.05) is 22.2 Å². The molecule has 1 heterocycles. The van der Waals surface area contributed by atoms with Gasteiger partial charge in [0.25, 0.3) is 0 Å². The van der Waals surface area contributed by atoms with Gasteiger partial charge in [-0.3, -0.25) is 5.43 Å². The number of thioether (sulfide) groups is 1. The van der Waals surface area contributed by atoms with Gasteiger partial charge in [0.1, 0.15) is 5.75 Å². The van der Waals surface area contributed by atoms with E-state index in [9.17, 15) is 4.79 Å². The number of hydrogen-bond donors (Lipinski definition) is 3. The van der Waals surface area contributed by atoms with Crippen LogP contribution in [0.3, 0.4) is 0 Å². The summed E-state index contributed by atoms with van der Waals surface area (Å²) in [6.45, 7) is 2.65. The molecule has 1 unspecified atom stereocenters. The second kappa shape index (κ2) is 9.86. The molecule has 0 aliphatic rings. The number of para-hydroxylation sites is 1. The number of carbonyl (C=O) groups is 1. The number of ether oxygens (including phenoxy) is 1. The monoisotopic (exact) mass is 436 g/mol. The molecule has 3 aromatic rings. The summed E-state index contributed by atoms with van der Waals surface area (Å²) < 4.78 is 6.31. The lowest BCUT2D eigenvalue weighted by atomic mass is 10.2. The van der Waals surface area contributed by atoms with Crippen molar-refractivity contribution in [2.75, 3.05) is 24.8 Å². The molecule has 3 rings (SSSR count). The van der Waals surface area contributed by atoms with Crippen molar-refractivity contribution < 1.29 is 9.53 Å². The molecule has 1 atom stereocenters. The Bertz CT molecular complexity index is 951. The number of amides is 2. The fourth-order valence-electron chi connectivity index (χ4n) is 2.40. The molecule has 0 aliphatic carbocycles. The van der Waals surface area contributed by atoms with E-state index < -0.39 is 0 Å². The molecule has 148 valence electrons. The van der Waals surface area contributed by atoms with E-state index in [2.05, 4.69) is 28.1 Å². The molecule has 3 N–H and O–H groups in total. The fourth-order valence-corrected chi connectivity index (χ4v) is 4.55. The van der Waals surface area contributed by atoms with Crippen molar-refractivity contribution in [1.82, 2.24) is 15.7 Å². The van der Waals surface area contributed by atoms with Crippen LogP contribution in [0.2, 0.25) is 5.02 Å². The molecule has 1 aromatic heterocycles. The predicted octanol–water partition coefficient (Wildman–Crippen LogP) is 5.01. The van der Waals surface area contributed by atoms with Crippen molar-refractivity contribution in [1.29, 1.82) is 0 Å². The van der Waals surface area contributed by atoms with Gasteiger partial charge < -0.3 is 10.1 Å². The van der Waals surface area contributed by atoms with Gasteiger partial charge in [0.05, 0.1) is 17.3 Å². The summed E-state index contributed by atoms with van der Waals surface area (Å²) in [5.74, 6) is 2.03. The molecule has 0 fully saturated rings. The number of methoxy groups -OCH3 is 1. The van der Waals surface area contributed by atoms with Crippen LogP contribution in [0.4, 0.5) is 9.93 Å². The predicted molar refractivity (Wildman–Crippen MR) is 118 cm³/mol. The standard InChI is InChI=1S/C19H21ClN4O2S2/c1-12(11-27-16-6-4-3-5-15(16)26-2)10-21-18(25)23-24-19-22-14-8-7-13(20)9-17(14)28-19/h3-9,12H,10-11H2,1-2H3,(H,22,24)(H2,21,23,25). The Balaban J connectivity index is 1.40. The SMILES string of the molecule is COc1ccccc1SCC(C)CNC(=O)NNc1nc2ccc(Cl)cc2s1. The van der Waals surface area contributed by atoms with Crippen molar-refractivity contribution in [2.45, 2.75) is 11.8 Å². The Hall–Kier alpha value is -2.16. The third kappa shape index (κ3) is 5.67. The largest absolute Gasteiger partial charge is 0.496 e. The van der Waals surface area contributed by atoms with Crippen LogP contribution in [0.1, 0.15) is 6.92 Å². The van der Waals surface area contributed by atoms with Crippen molar-refractivity contribution >= 4 is 56.1 Å². The maximum atomic E-state index is 12.0. The molecule has 6 nitrogen and oxygen atoms in total. The number of rotatable bonds is 8. The molecular weight excluding hydrogens is 416 g/mol. The lowest BCUT2D eigenvalue weighted by Gasteiger charge is -2.14. The van der Waals surface area contributed by atoms with Gasteiger partial charge in [0.15, 0.2) is 0 Å². The van der Waals surface area contributed by atoms with E-state index in [4.69, 9.17) is 16.3 Å². The van der Waals surface area contributed by atoms with Crippen molar-refractivity contribution in [3.63, 3.8) is 0 Å². The Morgan fingerprint density at radius 2 is 2.14 bits per heavy atom. The average Bonchev–Trinajstić information content (AvgIpc) is 3.11. The van der Waals surface area contributed by atoms with Gasteiger partial charge in [-0.15, -0.1) is 11.8 Å². The zero-order valence-corrected chi connectivity index (χ0v) is 17.9. The summed E-state index contributed by atoms with van der Waals surface area (Å²) in [6.07, 6.45) is 0. The quantitative estimate of drug-likeness (QED) is 0.341. The van der Waals surface area contributed by atoms with Crippen LogP contribution in [0.15, 0.2) is 47.4 Å². The van der Waals surface area contributed by atoms with E-state index in [1.54, 1.807) is 24.9 Å². The third-order valence-corrected chi connectivity index (χ3v) is 6.39. The summed E-state index contributed by atoms with van der Waals surface area (Å²) in [5.41, 5.74) is 6.27. The van der Waals surface area contributed by atoms with Gasteiger partial charge in [-0.05, 0) is 36.2 Å². The number of nitrogens with zero attached hydrogens (tertiary/aromatic N) is 1. The Morgan fingerprint density at radius 3 is 2.96 bits per heavy atom. The highest BCUT2D eigenvalue weighted by Crippen LogP contribution is 2.30.